The summed E-state index contributed by atoms with van der Waals surface area (Å²) in [7, 11) is 0. The largest absolute Gasteiger partial charge is 1.00 e. The van der Waals surface area contributed by atoms with Crippen molar-refractivity contribution in [3.8, 4) is 0 Å². The van der Waals surface area contributed by atoms with Gasteiger partial charge in [0.15, 0.2) is 0 Å². The van der Waals surface area contributed by atoms with Crippen LogP contribution in [0, 0.1) is 24.2 Å². The van der Waals surface area contributed by atoms with E-state index in [1.54, 1.807) is 6.92 Å². The van der Waals surface area contributed by atoms with E-state index in [0.29, 0.717) is 11.8 Å². The van der Waals surface area contributed by atoms with E-state index in [0.717, 1.165) is 19.3 Å². The molecule has 3 unspecified atom stereocenters. The lowest BCUT2D eigenvalue weighted by Crippen LogP contribution is -3.00. The van der Waals surface area contributed by atoms with Crippen molar-refractivity contribution in [3.05, 3.63) is 35.4 Å². The first-order valence-corrected chi connectivity index (χ1v) is 9.49. The number of hydrogen-bond acceptors (Lipinski definition) is 2. The van der Waals surface area contributed by atoms with Crippen molar-refractivity contribution in [2.45, 2.75) is 63.8 Å². The number of hydrogen-bond donors (Lipinski definition) is 2. The molecule has 1 aromatic rings. The molecule has 4 saturated carbocycles. The fraction of sp³-hybridized carbons (Fsp3) is 0.619. The number of rotatable bonds is 4. The summed E-state index contributed by atoms with van der Waals surface area (Å²) in [6.45, 7) is 3.79. The average Bonchev–Trinajstić information content (AvgIpc) is 2.53. The minimum absolute atomic E-state index is 0. The Bertz CT molecular complexity index is 705. The van der Waals surface area contributed by atoms with Gasteiger partial charge < -0.3 is 35.9 Å². The second kappa shape index (κ2) is 7.63. The van der Waals surface area contributed by atoms with Gasteiger partial charge in [0.1, 0.15) is 6.04 Å². The maximum absolute atomic E-state index is 13.1. The number of carbonyl (C=O) groups is 2. The Balaban J connectivity index is 0.00000131. The minimum Gasteiger partial charge on any atom is -1.00 e. The van der Waals surface area contributed by atoms with Crippen LogP contribution in [0.3, 0.4) is 0 Å². The summed E-state index contributed by atoms with van der Waals surface area (Å²) < 4.78 is 0. The van der Waals surface area contributed by atoms with E-state index in [1.807, 2.05) is 0 Å². The van der Waals surface area contributed by atoms with E-state index in [-0.39, 0.29) is 41.6 Å². The number of carbonyl (C=O) groups excluding carboxylic acids is 2. The Kier molecular flexibility index (Phi) is 6.23. The van der Waals surface area contributed by atoms with Gasteiger partial charge >= 0.3 is 0 Å². The zero-order valence-corrected chi connectivity index (χ0v) is 17.4. The van der Waals surface area contributed by atoms with Crippen molar-refractivity contribution in [1.82, 2.24) is 5.32 Å². The molecule has 27 heavy (non-hydrogen) atoms. The first-order chi connectivity index (χ1) is 11.8. The van der Waals surface area contributed by atoms with Gasteiger partial charge in [-0.25, -0.2) is 0 Å². The SMILES string of the molecule is Cc1ccc(C23CC4CC(CC(C(=O)NC(C)C(N)=O)(C4)C2)C3)cc1.[Cl-].[Cl-]. The third-order valence-electron chi connectivity index (χ3n) is 6.98. The molecule has 3 N–H and O–H groups in total. The van der Waals surface area contributed by atoms with Crippen LogP contribution in [0.1, 0.15) is 56.6 Å². The number of aryl methyl sites for hydroxylation is 1. The van der Waals surface area contributed by atoms with Crippen LogP contribution in [-0.2, 0) is 15.0 Å². The molecule has 0 saturated heterocycles. The van der Waals surface area contributed by atoms with Gasteiger partial charge in [-0.05, 0) is 75.2 Å². The molecule has 5 rings (SSSR count). The normalized spacial score (nSPS) is 34.1. The van der Waals surface area contributed by atoms with Crippen LogP contribution in [-0.4, -0.2) is 17.9 Å². The quantitative estimate of drug-likeness (QED) is 0.549. The molecular weight excluding hydrogens is 383 g/mol. The summed E-state index contributed by atoms with van der Waals surface area (Å²) >= 11 is 0. The molecule has 0 radical (unpaired) electrons. The van der Waals surface area contributed by atoms with Crippen LogP contribution in [0.25, 0.3) is 0 Å². The Morgan fingerprint density at radius 2 is 1.63 bits per heavy atom. The highest BCUT2D eigenvalue weighted by Gasteiger charge is 2.61. The molecule has 3 atom stereocenters. The zero-order chi connectivity index (χ0) is 17.8. The molecule has 4 aliphatic rings. The molecule has 0 heterocycles. The fourth-order valence-electron chi connectivity index (χ4n) is 6.19. The maximum Gasteiger partial charge on any atom is 0.239 e. The summed E-state index contributed by atoms with van der Waals surface area (Å²) in [5.74, 6) is 0.824. The van der Waals surface area contributed by atoms with E-state index in [4.69, 9.17) is 5.73 Å². The van der Waals surface area contributed by atoms with Crippen molar-refractivity contribution >= 4 is 11.8 Å². The fourth-order valence-corrected chi connectivity index (χ4v) is 6.19. The van der Waals surface area contributed by atoms with Gasteiger partial charge in [0.2, 0.25) is 11.8 Å². The first-order valence-electron chi connectivity index (χ1n) is 9.49. The molecular formula is C21H28Cl2N2O2-2. The summed E-state index contributed by atoms with van der Waals surface area (Å²) in [6, 6.07) is 8.31. The molecule has 4 fully saturated rings. The number of nitrogens with two attached hydrogens (primary N) is 1. The predicted octanol–water partition coefficient (Wildman–Crippen LogP) is -3.17. The van der Waals surface area contributed by atoms with Crippen molar-refractivity contribution < 1.29 is 34.4 Å². The average molecular weight is 411 g/mol. The summed E-state index contributed by atoms with van der Waals surface area (Å²) in [5, 5.41) is 2.90. The van der Waals surface area contributed by atoms with Crippen LogP contribution < -0.4 is 35.9 Å². The van der Waals surface area contributed by atoms with Gasteiger partial charge in [-0.2, -0.15) is 0 Å². The zero-order valence-electron chi connectivity index (χ0n) is 15.9. The highest BCUT2D eigenvalue weighted by Crippen LogP contribution is 2.65. The summed E-state index contributed by atoms with van der Waals surface area (Å²) in [6.07, 6.45) is 6.50. The Morgan fingerprint density at radius 1 is 1.07 bits per heavy atom. The molecule has 0 aromatic heterocycles. The van der Waals surface area contributed by atoms with Gasteiger partial charge in [0.05, 0.1) is 5.41 Å². The molecule has 4 aliphatic carbocycles. The van der Waals surface area contributed by atoms with E-state index < -0.39 is 11.9 Å². The molecule has 6 heteroatoms. The number of amides is 2. The minimum atomic E-state index is -0.601. The van der Waals surface area contributed by atoms with Crippen LogP contribution in [0.2, 0.25) is 0 Å². The van der Waals surface area contributed by atoms with Crippen LogP contribution in [0.4, 0.5) is 0 Å². The van der Waals surface area contributed by atoms with Crippen molar-refractivity contribution in [2.24, 2.45) is 23.0 Å². The van der Waals surface area contributed by atoms with Gasteiger partial charge in [-0.1, -0.05) is 29.8 Å². The number of primary amides is 1. The summed E-state index contributed by atoms with van der Waals surface area (Å²) in [4.78, 5) is 24.5. The number of benzene rings is 1. The van der Waals surface area contributed by atoms with Crippen LogP contribution in [0.15, 0.2) is 24.3 Å². The highest BCUT2D eigenvalue weighted by atomic mass is 35.5. The predicted molar refractivity (Wildman–Crippen MR) is 96.8 cm³/mol. The van der Waals surface area contributed by atoms with Gasteiger partial charge in [0, 0.05) is 0 Å². The van der Waals surface area contributed by atoms with E-state index in [9.17, 15) is 9.59 Å². The standard InChI is InChI=1S/C21H28N2O2.2ClH/c1-13-3-5-17(6-4-13)20-8-15-7-16(9-20)11-21(10-15,12-20)19(25)23-14(2)18(22)24;;/h3-6,14-16H,7-12H2,1-2H3,(H2,22,24)(H,23,25);2*1H/p-2. The summed E-state index contributed by atoms with van der Waals surface area (Å²) in [5.41, 5.74) is 7.83. The lowest BCUT2D eigenvalue weighted by Gasteiger charge is -2.61. The Hall–Kier alpha value is -1.26. The number of nitrogens with one attached hydrogen (secondary N) is 1. The molecule has 4 nitrogen and oxygen atoms in total. The molecule has 0 aliphatic heterocycles. The first kappa shape index (κ1) is 22.0. The monoisotopic (exact) mass is 410 g/mol. The smallest absolute Gasteiger partial charge is 0.239 e. The lowest BCUT2D eigenvalue weighted by molar-refractivity contribution is -0.150. The molecule has 0 spiro atoms. The van der Waals surface area contributed by atoms with E-state index in [2.05, 4.69) is 36.5 Å². The van der Waals surface area contributed by atoms with Crippen LogP contribution >= 0.6 is 0 Å². The lowest BCUT2D eigenvalue weighted by atomic mass is 9.42. The maximum atomic E-state index is 13.1. The topological polar surface area (TPSA) is 72.2 Å². The van der Waals surface area contributed by atoms with Crippen molar-refractivity contribution in [2.75, 3.05) is 0 Å². The van der Waals surface area contributed by atoms with Gasteiger partial charge in [-0.15, -0.1) is 0 Å². The van der Waals surface area contributed by atoms with E-state index in [1.165, 1.54) is 30.4 Å². The van der Waals surface area contributed by atoms with Gasteiger partial charge in [-0.3, -0.25) is 9.59 Å². The molecule has 1 aromatic carbocycles. The molecule has 150 valence electrons. The third-order valence-corrected chi connectivity index (χ3v) is 6.98. The third kappa shape index (κ3) is 3.71. The number of halogens is 2. The highest BCUT2D eigenvalue weighted by molar-refractivity contribution is 5.89. The Morgan fingerprint density at radius 3 is 2.15 bits per heavy atom. The molecule has 4 bridgehead atoms. The second-order valence-corrected chi connectivity index (χ2v) is 8.99. The van der Waals surface area contributed by atoms with Crippen LogP contribution in [0.5, 0.6) is 0 Å². The Labute approximate surface area is 173 Å². The van der Waals surface area contributed by atoms with Gasteiger partial charge in [0.25, 0.3) is 0 Å². The van der Waals surface area contributed by atoms with Crippen molar-refractivity contribution in [3.63, 3.8) is 0 Å². The van der Waals surface area contributed by atoms with E-state index >= 15 is 0 Å². The second-order valence-electron chi connectivity index (χ2n) is 8.99. The van der Waals surface area contributed by atoms with Crippen molar-refractivity contribution in [1.29, 1.82) is 0 Å². The molecule has 2 amide bonds.